The minimum atomic E-state index is -0.279. The monoisotopic (exact) mass is 428 g/mol. The number of nitrogens with one attached hydrogen (secondary N) is 1. The fourth-order valence-corrected chi connectivity index (χ4v) is 3.48. The lowest BCUT2D eigenvalue weighted by molar-refractivity contribution is -0.133. The molecule has 2 aromatic carbocycles. The van der Waals surface area contributed by atoms with E-state index >= 15 is 0 Å². The number of hydrogen-bond donors (Lipinski definition) is 1. The van der Waals surface area contributed by atoms with Gasteiger partial charge in [-0.15, -0.1) is 0 Å². The molecule has 1 aliphatic heterocycles. The number of amides is 2. The van der Waals surface area contributed by atoms with E-state index in [1.807, 2.05) is 4.90 Å². The number of aryl methyl sites for hydroxylation is 1. The van der Waals surface area contributed by atoms with Crippen molar-refractivity contribution in [1.29, 1.82) is 0 Å². The molecule has 0 bridgehead atoms. The van der Waals surface area contributed by atoms with Crippen LogP contribution >= 0.6 is 0 Å². The second kappa shape index (κ2) is 10.9. The van der Waals surface area contributed by atoms with Gasteiger partial charge in [-0.2, -0.15) is 0 Å². The smallest absolute Gasteiger partial charge is 0.251 e. The number of hydrogen-bond acceptors (Lipinski definition) is 4. The molecule has 1 heterocycles. The molecule has 0 atom stereocenters. The lowest BCUT2D eigenvalue weighted by Crippen LogP contribution is -2.42. The Morgan fingerprint density at radius 3 is 2.48 bits per heavy atom. The van der Waals surface area contributed by atoms with Gasteiger partial charge in [-0.3, -0.25) is 9.59 Å². The molecule has 0 unspecified atom stereocenters. The molecule has 1 aliphatic rings. The van der Waals surface area contributed by atoms with Crippen molar-refractivity contribution in [2.75, 3.05) is 26.8 Å². The van der Waals surface area contributed by atoms with E-state index in [4.69, 9.17) is 9.47 Å². The minimum absolute atomic E-state index is 0.0441. The molecule has 7 heteroatoms. The molecule has 0 radical (unpaired) electrons. The Bertz CT molecular complexity index is 893. The highest BCUT2D eigenvalue weighted by Gasteiger charge is 2.23. The van der Waals surface area contributed by atoms with Crippen molar-refractivity contribution in [2.24, 2.45) is 0 Å². The normalized spacial score (nSPS) is 14.4. The summed E-state index contributed by atoms with van der Waals surface area (Å²) in [5, 5.41) is 2.80. The van der Waals surface area contributed by atoms with Gasteiger partial charge in [0, 0.05) is 45.1 Å². The van der Waals surface area contributed by atoms with Crippen LogP contribution in [0.15, 0.2) is 42.5 Å². The third-order valence-electron chi connectivity index (χ3n) is 5.42. The van der Waals surface area contributed by atoms with E-state index in [9.17, 15) is 14.0 Å². The highest BCUT2D eigenvalue weighted by atomic mass is 19.1. The molecule has 0 spiro atoms. The van der Waals surface area contributed by atoms with E-state index < -0.39 is 0 Å². The molecular formula is C24H29FN2O4. The number of ether oxygens (including phenoxy) is 2. The Morgan fingerprint density at radius 2 is 1.84 bits per heavy atom. The SMILES string of the molecule is COCCC(=O)N1CCC(Oc2ccc(C(=O)NCc3ccc(C)c(F)c3)cc2)CC1. The van der Waals surface area contributed by atoms with Crippen LogP contribution in [0.25, 0.3) is 0 Å². The number of methoxy groups -OCH3 is 1. The number of likely N-dealkylation sites (tertiary alicyclic amines) is 1. The van der Waals surface area contributed by atoms with Crippen LogP contribution in [0.4, 0.5) is 4.39 Å². The summed E-state index contributed by atoms with van der Waals surface area (Å²) < 4.78 is 24.6. The predicted molar refractivity (Wildman–Crippen MR) is 115 cm³/mol. The van der Waals surface area contributed by atoms with E-state index in [0.29, 0.717) is 48.6 Å². The number of halogens is 1. The van der Waals surface area contributed by atoms with E-state index in [-0.39, 0.29) is 30.3 Å². The maximum absolute atomic E-state index is 13.6. The summed E-state index contributed by atoms with van der Waals surface area (Å²) in [5.41, 5.74) is 1.80. The first-order valence-corrected chi connectivity index (χ1v) is 10.5. The number of rotatable bonds is 8. The van der Waals surface area contributed by atoms with E-state index in [1.54, 1.807) is 50.4 Å². The number of carbonyl (C=O) groups excluding carboxylic acids is 2. The van der Waals surface area contributed by atoms with Gasteiger partial charge in [-0.25, -0.2) is 4.39 Å². The van der Waals surface area contributed by atoms with E-state index in [1.165, 1.54) is 6.07 Å². The average Bonchev–Trinajstić information content (AvgIpc) is 2.79. The van der Waals surface area contributed by atoms with Crippen LogP contribution in [0, 0.1) is 12.7 Å². The lowest BCUT2D eigenvalue weighted by atomic mass is 10.1. The molecule has 6 nitrogen and oxygen atoms in total. The van der Waals surface area contributed by atoms with Crippen molar-refractivity contribution in [1.82, 2.24) is 10.2 Å². The molecule has 0 aromatic heterocycles. The summed E-state index contributed by atoms with van der Waals surface area (Å²) in [5.74, 6) is 0.305. The minimum Gasteiger partial charge on any atom is -0.490 e. The Balaban J connectivity index is 1.45. The molecule has 1 N–H and O–H groups in total. The quantitative estimate of drug-likeness (QED) is 0.699. The van der Waals surface area contributed by atoms with Gasteiger partial charge in [0.15, 0.2) is 0 Å². The summed E-state index contributed by atoms with van der Waals surface area (Å²) >= 11 is 0. The number of carbonyl (C=O) groups is 2. The molecule has 31 heavy (non-hydrogen) atoms. The van der Waals surface area contributed by atoms with Crippen molar-refractivity contribution in [3.63, 3.8) is 0 Å². The van der Waals surface area contributed by atoms with E-state index in [0.717, 1.165) is 12.8 Å². The first-order chi connectivity index (χ1) is 15.0. The maximum Gasteiger partial charge on any atom is 0.251 e. The van der Waals surface area contributed by atoms with Crippen molar-refractivity contribution in [2.45, 2.75) is 38.8 Å². The lowest BCUT2D eigenvalue weighted by Gasteiger charge is -2.32. The van der Waals surface area contributed by atoms with Crippen LogP contribution in [-0.2, 0) is 16.1 Å². The van der Waals surface area contributed by atoms with Crippen LogP contribution in [0.5, 0.6) is 5.75 Å². The van der Waals surface area contributed by atoms with Crippen molar-refractivity contribution in [3.8, 4) is 5.75 Å². The third kappa shape index (κ3) is 6.52. The van der Waals surface area contributed by atoms with Gasteiger partial charge >= 0.3 is 0 Å². The fraction of sp³-hybridized carbons (Fsp3) is 0.417. The fourth-order valence-electron chi connectivity index (χ4n) is 3.48. The maximum atomic E-state index is 13.6. The summed E-state index contributed by atoms with van der Waals surface area (Å²) in [6.45, 7) is 3.75. The highest BCUT2D eigenvalue weighted by molar-refractivity contribution is 5.94. The molecule has 3 rings (SSSR count). The average molecular weight is 429 g/mol. The zero-order valence-electron chi connectivity index (χ0n) is 18.0. The van der Waals surface area contributed by atoms with Gasteiger partial charge in [0.05, 0.1) is 13.0 Å². The Labute approximate surface area is 182 Å². The third-order valence-corrected chi connectivity index (χ3v) is 5.42. The molecule has 1 saturated heterocycles. The second-order valence-electron chi connectivity index (χ2n) is 7.73. The zero-order valence-corrected chi connectivity index (χ0v) is 18.0. The summed E-state index contributed by atoms with van der Waals surface area (Å²) in [7, 11) is 1.59. The van der Waals surface area contributed by atoms with E-state index in [2.05, 4.69) is 5.32 Å². The predicted octanol–water partition coefficient (Wildman–Crippen LogP) is 3.47. The van der Waals surface area contributed by atoms with Gasteiger partial charge in [0.25, 0.3) is 5.91 Å². The molecule has 1 fully saturated rings. The Hall–Kier alpha value is -2.93. The molecule has 2 amide bonds. The van der Waals surface area contributed by atoms with Crippen LogP contribution in [0.1, 0.15) is 40.7 Å². The van der Waals surface area contributed by atoms with Crippen molar-refractivity contribution >= 4 is 11.8 Å². The molecule has 0 aliphatic carbocycles. The first kappa shape index (κ1) is 22.7. The van der Waals surface area contributed by atoms with Gasteiger partial charge in [-0.05, 0) is 48.4 Å². The summed E-state index contributed by atoms with van der Waals surface area (Å²) in [6.07, 6.45) is 1.99. The molecule has 166 valence electrons. The van der Waals surface area contributed by atoms with Crippen LogP contribution in [-0.4, -0.2) is 49.6 Å². The zero-order chi connectivity index (χ0) is 22.2. The summed E-state index contributed by atoms with van der Waals surface area (Å²) in [4.78, 5) is 26.3. The highest BCUT2D eigenvalue weighted by Crippen LogP contribution is 2.20. The molecule has 0 saturated carbocycles. The van der Waals surface area contributed by atoms with Crippen LogP contribution < -0.4 is 10.1 Å². The second-order valence-corrected chi connectivity index (χ2v) is 7.73. The largest absolute Gasteiger partial charge is 0.490 e. The summed E-state index contributed by atoms with van der Waals surface area (Å²) in [6, 6.07) is 11.9. The van der Waals surface area contributed by atoms with Gasteiger partial charge in [0.2, 0.25) is 5.91 Å². The molecular weight excluding hydrogens is 399 g/mol. The number of nitrogens with zero attached hydrogens (tertiary/aromatic N) is 1. The standard InChI is InChI=1S/C24H29FN2O4/c1-17-3-4-18(15-22(17)25)16-26-24(29)19-5-7-20(8-6-19)31-21-9-12-27(13-10-21)23(28)11-14-30-2/h3-8,15,21H,9-14,16H2,1-2H3,(H,26,29). The Morgan fingerprint density at radius 1 is 1.13 bits per heavy atom. The first-order valence-electron chi connectivity index (χ1n) is 10.5. The molecule has 2 aromatic rings. The Kier molecular flexibility index (Phi) is 8.00. The number of benzene rings is 2. The van der Waals surface area contributed by atoms with Crippen LogP contribution in [0.2, 0.25) is 0 Å². The van der Waals surface area contributed by atoms with Crippen molar-refractivity contribution in [3.05, 3.63) is 65.0 Å². The van der Waals surface area contributed by atoms with Crippen LogP contribution in [0.3, 0.4) is 0 Å². The van der Waals surface area contributed by atoms with Gasteiger partial charge < -0.3 is 19.7 Å². The topological polar surface area (TPSA) is 67.9 Å². The number of piperidine rings is 1. The van der Waals surface area contributed by atoms with Gasteiger partial charge in [-0.1, -0.05) is 12.1 Å². The van der Waals surface area contributed by atoms with Crippen molar-refractivity contribution < 1.29 is 23.5 Å². The van der Waals surface area contributed by atoms with Gasteiger partial charge in [0.1, 0.15) is 17.7 Å².